The van der Waals surface area contributed by atoms with E-state index in [0.717, 1.165) is 0 Å². The second-order valence-corrected chi connectivity index (χ2v) is 8.32. The minimum atomic E-state index is -3.54. The number of ether oxygens (including phenoxy) is 1. The van der Waals surface area contributed by atoms with Crippen LogP contribution in [-0.2, 0) is 19.4 Å². The van der Waals surface area contributed by atoms with E-state index in [9.17, 15) is 18.5 Å². The van der Waals surface area contributed by atoms with E-state index in [2.05, 4.69) is 16.0 Å². The van der Waals surface area contributed by atoms with Crippen LogP contribution in [-0.4, -0.2) is 43.0 Å². The molecule has 0 aromatic carbocycles. The third kappa shape index (κ3) is 2.95. The molecule has 0 saturated carbocycles. The summed E-state index contributed by atoms with van der Waals surface area (Å²) in [6.07, 6.45) is 3.01. The molecule has 1 saturated heterocycles. The Morgan fingerprint density at radius 3 is 1.96 bits per heavy atom. The lowest BCUT2D eigenvalue weighted by molar-refractivity contribution is -0.151. The highest BCUT2D eigenvalue weighted by Gasteiger charge is 2.60. The molecule has 2 aromatic heterocycles. The molecule has 134 valence electrons. The minimum absolute atomic E-state index is 0.351. The van der Waals surface area contributed by atoms with Gasteiger partial charge in [0.05, 0.1) is 24.7 Å². The van der Waals surface area contributed by atoms with Crippen LogP contribution in [0.3, 0.4) is 0 Å². The Labute approximate surface area is 151 Å². The molecule has 2 aromatic rings. The van der Waals surface area contributed by atoms with Crippen molar-refractivity contribution in [3.8, 4) is 6.07 Å². The zero-order valence-corrected chi connectivity index (χ0v) is 14.9. The molecule has 8 heteroatoms. The summed E-state index contributed by atoms with van der Waals surface area (Å²) in [6, 6.07) is 12.1. The van der Waals surface area contributed by atoms with Gasteiger partial charge in [-0.15, -0.1) is 0 Å². The fraction of sp³-hybridized carbons (Fsp3) is 0.333. The minimum Gasteiger partial charge on any atom is -0.468 e. The summed E-state index contributed by atoms with van der Waals surface area (Å²) >= 11 is 0. The van der Waals surface area contributed by atoms with E-state index in [4.69, 9.17) is 4.74 Å². The third-order valence-electron chi connectivity index (χ3n) is 4.74. The number of rotatable bonds is 3. The number of sulfone groups is 1. The highest BCUT2D eigenvalue weighted by molar-refractivity contribution is 7.91. The summed E-state index contributed by atoms with van der Waals surface area (Å²) in [5.74, 6) is -3.38. The van der Waals surface area contributed by atoms with Crippen LogP contribution in [0.15, 0.2) is 48.8 Å². The van der Waals surface area contributed by atoms with Gasteiger partial charge in [-0.3, -0.25) is 14.8 Å². The molecule has 26 heavy (non-hydrogen) atoms. The molecular formula is C18H17N3O4S. The topological polar surface area (TPSA) is 110 Å². The fourth-order valence-corrected chi connectivity index (χ4v) is 5.56. The number of nitrogens with zero attached hydrogens (tertiary/aromatic N) is 3. The molecule has 1 aliphatic heterocycles. The molecule has 0 aliphatic carbocycles. The molecule has 0 amide bonds. The number of methoxy groups -OCH3 is 1. The lowest BCUT2D eigenvalue weighted by Gasteiger charge is -2.41. The predicted molar refractivity (Wildman–Crippen MR) is 92.7 cm³/mol. The average molecular weight is 371 g/mol. The van der Waals surface area contributed by atoms with Gasteiger partial charge < -0.3 is 4.74 Å². The molecule has 0 N–H and O–H groups in total. The van der Waals surface area contributed by atoms with Gasteiger partial charge in [0.1, 0.15) is 0 Å². The summed E-state index contributed by atoms with van der Waals surface area (Å²) in [6.45, 7) is 0. The van der Waals surface area contributed by atoms with E-state index >= 15 is 0 Å². The van der Waals surface area contributed by atoms with Crippen LogP contribution in [0.1, 0.15) is 23.2 Å². The molecule has 3 heterocycles. The van der Waals surface area contributed by atoms with Crippen LogP contribution >= 0.6 is 0 Å². The second-order valence-electron chi connectivity index (χ2n) is 6.16. The molecule has 1 fully saturated rings. The number of nitriles is 1. The first-order chi connectivity index (χ1) is 12.4. The van der Waals surface area contributed by atoms with Gasteiger partial charge in [-0.2, -0.15) is 5.26 Å². The van der Waals surface area contributed by atoms with E-state index in [1.54, 1.807) is 36.4 Å². The number of carbonyl (C=O) groups excluding carboxylic acids is 1. The van der Waals surface area contributed by atoms with Crippen LogP contribution in [0, 0.1) is 16.7 Å². The van der Waals surface area contributed by atoms with E-state index < -0.39 is 33.1 Å². The van der Waals surface area contributed by atoms with Gasteiger partial charge in [0.2, 0.25) is 0 Å². The maximum absolute atomic E-state index is 12.8. The summed E-state index contributed by atoms with van der Waals surface area (Å²) in [5, 5.41) is 10.1. The van der Waals surface area contributed by atoms with Crippen LogP contribution in [0.5, 0.6) is 0 Å². The average Bonchev–Trinajstić information content (AvgIpc) is 2.68. The SMILES string of the molecule is COC(=O)C1(C#N)C(c2ccccn2)CS(=O)(=O)CC1c1ccccn1. The quantitative estimate of drug-likeness (QED) is 0.751. The third-order valence-corrected chi connectivity index (χ3v) is 6.42. The maximum Gasteiger partial charge on any atom is 0.327 e. The molecule has 0 bridgehead atoms. The monoisotopic (exact) mass is 371 g/mol. The Morgan fingerprint density at radius 1 is 1.12 bits per heavy atom. The summed E-state index contributed by atoms with van der Waals surface area (Å²) < 4.78 is 30.2. The first-order valence-electron chi connectivity index (χ1n) is 7.96. The lowest BCUT2D eigenvalue weighted by atomic mass is 9.65. The normalized spacial score (nSPS) is 27.2. The largest absolute Gasteiger partial charge is 0.468 e. The van der Waals surface area contributed by atoms with Crippen molar-refractivity contribution in [2.45, 2.75) is 11.8 Å². The number of hydrogen-bond donors (Lipinski definition) is 0. The van der Waals surface area contributed by atoms with Crippen molar-refractivity contribution in [1.29, 1.82) is 5.26 Å². The molecule has 3 rings (SSSR count). The predicted octanol–water partition coefficient (Wildman–Crippen LogP) is 1.46. The molecule has 7 nitrogen and oxygen atoms in total. The highest BCUT2D eigenvalue weighted by atomic mass is 32.2. The standard InChI is InChI=1S/C18H17N3O4S/c1-25-17(22)18(12-19)13(15-6-2-4-8-20-15)10-26(23,24)11-14(18)16-7-3-5-9-21-16/h2-9,13-14H,10-11H2,1H3. The second kappa shape index (κ2) is 6.84. The molecule has 1 aliphatic rings. The number of esters is 1. The molecule has 0 spiro atoms. The van der Waals surface area contributed by atoms with E-state index in [1.807, 2.05) is 0 Å². The van der Waals surface area contributed by atoms with Crippen LogP contribution in [0.2, 0.25) is 0 Å². The summed E-state index contributed by atoms with van der Waals surface area (Å²) in [4.78, 5) is 21.2. The molecule has 0 radical (unpaired) electrons. The number of carbonyl (C=O) groups is 1. The fourth-order valence-electron chi connectivity index (χ4n) is 3.54. The molecule has 2 unspecified atom stereocenters. The number of pyridine rings is 2. The van der Waals surface area contributed by atoms with Gasteiger partial charge in [-0.1, -0.05) is 12.1 Å². The zero-order chi connectivity index (χ0) is 18.8. The summed E-state index contributed by atoms with van der Waals surface area (Å²) in [7, 11) is -2.35. The van der Waals surface area contributed by atoms with Crippen molar-refractivity contribution >= 4 is 15.8 Å². The Hall–Kier alpha value is -2.79. The van der Waals surface area contributed by atoms with Gasteiger partial charge in [0.25, 0.3) is 0 Å². The van der Waals surface area contributed by atoms with Crippen molar-refractivity contribution < 1.29 is 17.9 Å². The Balaban J connectivity index is 2.27. The van der Waals surface area contributed by atoms with Gasteiger partial charge in [-0.05, 0) is 24.3 Å². The van der Waals surface area contributed by atoms with E-state index in [0.29, 0.717) is 11.4 Å². The number of aromatic nitrogens is 2. The van der Waals surface area contributed by atoms with Crippen molar-refractivity contribution in [2.24, 2.45) is 5.41 Å². The van der Waals surface area contributed by atoms with Gasteiger partial charge in [0.15, 0.2) is 15.3 Å². The first kappa shape index (κ1) is 18.0. The molecule has 2 atom stereocenters. The van der Waals surface area contributed by atoms with Crippen LogP contribution in [0.4, 0.5) is 0 Å². The zero-order valence-electron chi connectivity index (χ0n) is 14.1. The van der Waals surface area contributed by atoms with E-state index in [1.165, 1.54) is 19.5 Å². The van der Waals surface area contributed by atoms with Crippen molar-refractivity contribution in [2.75, 3.05) is 18.6 Å². The maximum atomic E-state index is 12.8. The van der Waals surface area contributed by atoms with E-state index in [-0.39, 0.29) is 11.5 Å². The lowest BCUT2D eigenvalue weighted by Crippen LogP contribution is -2.51. The molecular weight excluding hydrogens is 354 g/mol. The number of hydrogen-bond acceptors (Lipinski definition) is 7. The van der Waals surface area contributed by atoms with Gasteiger partial charge >= 0.3 is 5.97 Å². The van der Waals surface area contributed by atoms with Crippen molar-refractivity contribution in [3.63, 3.8) is 0 Å². The Morgan fingerprint density at radius 2 is 1.62 bits per heavy atom. The summed E-state index contributed by atoms with van der Waals surface area (Å²) in [5.41, 5.74) is -1.00. The highest BCUT2D eigenvalue weighted by Crippen LogP contribution is 2.51. The van der Waals surface area contributed by atoms with Crippen molar-refractivity contribution in [1.82, 2.24) is 9.97 Å². The Kier molecular flexibility index (Phi) is 4.74. The van der Waals surface area contributed by atoms with Crippen molar-refractivity contribution in [3.05, 3.63) is 60.2 Å². The smallest absolute Gasteiger partial charge is 0.327 e. The van der Waals surface area contributed by atoms with Gasteiger partial charge in [0, 0.05) is 35.6 Å². The van der Waals surface area contributed by atoms with Crippen LogP contribution in [0.25, 0.3) is 0 Å². The Bertz CT molecular complexity index is 884. The van der Waals surface area contributed by atoms with Gasteiger partial charge in [-0.25, -0.2) is 8.42 Å². The van der Waals surface area contributed by atoms with Crippen LogP contribution < -0.4 is 0 Å². The first-order valence-corrected chi connectivity index (χ1v) is 9.78.